The van der Waals surface area contributed by atoms with Crippen LogP contribution in [0.25, 0.3) is 0 Å². The third kappa shape index (κ3) is 4.23. The number of nitrogens with one attached hydrogen (secondary N) is 1. The van der Waals surface area contributed by atoms with E-state index in [1.165, 1.54) is 10.6 Å². The number of benzene rings is 2. The van der Waals surface area contributed by atoms with Crippen LogP contribution in [0.1, 0.15) is 15.9 Å². The summed E-state index contributed by atoms with van der Waals surface area (Å²) in [4.78, 5) is 14.7. The van der Waals surface area contributed by atoms with Gasteiger partial charge in [-0.1, -0.05) is 29.8 Å². The van der Waals surface area contributed by atoms with Gasteiger partial charge in [0, 0.05) is 31.7 Å². The Labute approximate surface area is 154 Å². The predicted molar refractivity (Wildman–Crippen MR) is 104 cm³/mol. The summed E-state index contributed by atoms with van der Waals surface area (Å²) in [5, 5.41) is 2.98. The summed E-state index contributed by atoms with van der Waals surface area (Å²) in [5.74, 6) is -0.157. The van der Waals surface area contributed by atoms with Gasteiger partial charge in [0.15, 0.2) is 0 Å². The maximum absolute atomic E-state index is 12.6. The Balaban J connectivity index is 1.76. The molecular weight excluding hydrogens is 350 g/mol. The molecule has 1 saturated heterocycles. The molecular formula is C19H23N3O3S. The maximum Gasteiger partial charge on any atom is 0.255 e. The molecule has 2 aromatic carbocycles. The minimum Gasteiger partial charge on any atom is -0.367 e. The van der Waals surface area contributed by atoms with Gasteiger partial charge in [-0.2, -0.15) is 4.31 Å². The number of anilines is 2. The largest absolute Gasteiger partial charge is 0.367 e. The van der Waals surface area contributed by atoms with Crippen molar-refractivity contribution < 1.29 is 13.2 Å². The Morgan fingerprint density at radius 3 is 2.35 bits per heavy atom. The standard InChI is InChI=1S/C19H23N3O3S/c1-15-6-5-7-16(14-15)19(23)20-17-8-3-4-9-18(17)21-10-12-22(13-11-21)26(2,24)25/h3-9,14H,10-13H2,1-2H3,(H,20,23). The first-order chi connectivity index (χ1) is 12.3. The second-order valence-corrected chi connectivity index (χ2v) is 8.47. The van der Waals surface area contributed by atoms with Crippen molar-refractivity contribution in [2.45, 2.75) is 6.92 Å². The van der Waals surface area contributed by atoms with E-state index in [2.05, 4.69) is 10.2 Å². The van der Waals surface area contributed by atoms with E-state index in [0.717, 1.165) is 16.9 Å². The lowest BCUT2D eigenvalue weighted by molar-refractivity contribution is 0.102. The van der Waals surface area contributed by atoms with Gasteiger partial charge in [0.2, 0.25) is 10.0 Å². The number of piperazine rings is 1. The number of carbonyl (C=O) groups is 1. The molecule has 3 rings (SSSR count). The molecule has 1 aliphatic heterocycles. The Hall–Kier alpha value is -2.38. The molecule has 7 heteroatoms. The van der Waals surface area contributed by atoms with Crippen molar-refractivity contribution in [1.82, 2.24) is 4.31 Å². The topological polar surface area (TPSA) is 69.7 Å². The smallest absolute Gasteiger partial charge is 0.255 e. The third-order valence-electron chi connectivity index (χ3n) is 4.48. The monoisotopic (exact) mass is 373 g/mol. The van der Waals surface area contributed by atoms with Crippen LogP contribution in [0.4, 0.5) is 11.4 Å². The average Bonchev–Trinajstić information content (AvgIpc) is 2.61. The zero-order valence-electron chi connectivity index (χ0n) is 15.0. The molecule has 0 saturated carbocycles. The highest BCUT2D eigenvalue weighted by Gasteiger charge is 2.24. The molecule has 138 valence electrons. The fourth-order valence-electron chi connectivity index (χ4n) is 3.10. The van der Waals surface area contributed by atoms with Crippen LogP contribution in [0.2, 0.25) is 0 Å². The summed E-state index contributed by atoms with van der Waals surface area (Å²) in [5.41, 5.74) is 3.28. The number of carbonyl (C=O) groups excluding carboxylic acids is 1. The van der Waals surface area contributed by atoms with E-state index in [1.54, 1.807) is 6.07 Å². The zero-order chi connectivity index (χ0) is 18.7. The van der Waals surface area contributed by atoms with Gasteiger partial charge in [0.05, 0.1) is 17.6 Å². The van der Waals surface area contributed by atoms with Crippen LogP contribution in [0.15, 0.2) is 48.5 Å². The van der Waals surface area contributed by atoms with Crippen LogP contribution in [0.5, 0.6) is 0 Å². The lowest BCUT2D eigenvalue weighted by atomic mass is 10.1. The fourth-order valence-corrected chi connectivity index (χ4v) is 3.92. The molecule has 0 aliphatic carbocycles. The highest BCUT2D eigenvalue weighted by atomic mass is 32.2. The van der Waals surface area contributed by atoms with Crippen LogP contribution in [0.3, 0.4) is 0 Å². The van der Waals surface area contributed by atoms with Gasteiger partial charge in [-0.25, -0.2) is 8.42 Å². The van der Waals surface area contributed by atoms with Crippen LogP contribution < -0.4 is 10.2 Å². The Morgan fingerprint density at radius 1 is 1.00 bits per heavy atom. The van der Waals surface area contributed by atoms with Crippen molar-refractivity contribution >= 4 is 27.3 Å². The van der Waals surface area contributed by atoms with E-state index in [0.29, 0.717) is 31.7 Å². The van der Waals surface area contributed by atoms with E-state index in [4.69, 9.17) is 0 Å². The molecule has 1 aliphatic rings. The van der Waals surface area contributed by atoms with Crippen molar-refractivity contribution in [3.63, 3.8) is 0 Å². The molecule has 0 bridgehead atoms. The molecule has 0 spiro atoms. The zero-order valence-corrected chi connectivity index (χ0v) is 15.8. The van der Waals surface area contributed by atoms with Gasteiger partial charge < -0.3 is 10.2 Å². The van der Waals surface area contributed by atoms with Crippen LogP contribution in [-0.4, -0.2) is 51.1 Å². The Bertz CT molecular complexity index is 904. The Morgan fingerprint density at radius 2 is 1.69 bits per heavy atom. The number of hydrogen-bond donors (Lipinski definition) is 1. The molecule has 1 N–H and O–H groups in total. The van der Waals surface area contributed by atoms with Crippen LogP contribution in [0, 0.1) is 6.92 Å². The number of para-hydroxylation sites is 2. The number of nitrogens with zero attached hydrogens (tertiary/aromatic N) is 2. The maximum atomic E-state index is 12.6. The lowest BCUT2D eigenvalue weighted by Crippen LogP contribution is -2.48. The molecule has 6 nitrogen and oxygen atoms in total. The third-order valence-corrected chi connectivity index (χ3v) is 5.78. The summed E-state index contributed by atoms with van der Waals surface area (Å²) in [6.45, 7) is 4.01. The van der Waals surface area contributed by atoms with Gasteiger partial charge in [-0.05, 0) is 31.2 Å². The lowest BCUT2D eigenvalue weighted by Gasteiger charge is -2.35. The number of aryl methyl sites for hydroxylation is 1. The summed E-state index contributed by atoms with van der Waals surface area (Å²) in [7, 11) is -3.16. The summed E-state index contributed by atoms with van der Waals surface area (Å²) < 4.78 is 24.8. The summed E-state index contributed by atoms with van der Waals surface area (Å²) >= 11 is 0. The Kier molecular flexibility index (Phi) is 5.29. The van der Waals surface area contributed by atoms with Crippen molar-refractivity contribution in [3.8, 4) is 0 Å². The van der Waals surface area contributed by atoms with Gasteiger partial charge in [0.1, 0.15) is 0 Å². The van der Waals surface area contributed by atoms with Crippen LogP contribution >= 0.6 is 0 Å². The summed E-state index contributed by atoms with van der Waals surface area (Å²) in [6, 6.07) is 15.1. The average molecular weight is 373 g/mol. The number of rotatable bonds is 4. The highest BCUT2D eigenvalue weighted by molar-refractivity contribution is 7.88. The molecule has 0 unspecified atom stereocenters. The van der Waals surface area contributed by atoms with E-state index < -0.39 is 10.0 Å². The van der Waals surface area contributed by atoms with E-state index >= 15 is 0 Å². The van der Waals surface area contributed by atoms with E-state index in [-0.39, 0.29) is 5.91 Å². The predicted octanol–water partition coefficient (Wildman–Crippen LogP) is 2.33. The van der Waals surface area contributed by atoms with Crippen molar-refractivity contribution in [2.24, 2.45) is 0 Å². The fraction of sp³-hybridized carbons (Fsp3) is 0.316. The molecule has 0 aromatic heterocycles. The molecule has 1 heterocycles. The molecule has 0 atom stereocenters. The van der Waals surface area contributed by atoms with E-state index in [9.17, 15) is 13.2 Å². The second kappa shape index (κ2) is 7.47. The first kappa shape index (κ1) is 18.4. The summed E-state index contributed by atoms with van der Waals surface area (Å²) in [6.07, 6.45) is 1.23. The van der Waals surface area contributed by atoms with Crippen LogP contribution in [-0.2, 0) is 10.0 Å². The molecule has 26 heavy (non-hydrogen) atoms. The van der Waals surface area contributed by atoms with Gasteiger partial charge in [0.25, 0.3) is 5.91 Å². The minimum absolute atomic E-state index is 0.157. The van der Waals surface area contributed by atoms with Crippen molar-refractivity contribution in [3.05, 3.63) is 59.7 Å². The number of sulfonamides is 1. The molecule has 0 radical (unpaired) electrons. The molecule has 1 fully saturated rings. The van der Waals surface area contributed by atoms with E-state index in [1.807, 2.05) is 49.4 Å². The highest BCUT2D eigenvalue weighted by Crippen LogP contribution is 2.27. The number of amides is 1. The van der Waals surface area contributed by atoms with Gasteiger partial charge in [-0.3, -0.25) is 4.79 Å². The first-order valence-electron chi connectivity index (χ1n) is 8.52. The van der Waals surface area contributed by atoms with Gasteiger partial charge in [-0.15, -0.1) is 0 Å². The van der Waals surface area contributed by atoms with Crippen molar-refractivity contribution in [1.29, 1.82) is 0 Å². The normalized spacial score (nSPS) is 15.7. The number of hydrogen-bond acceptors (Lipinski definition) is 4. The van der Waals surface area contributed by atoms with Gasteiger partial charge >= 0.3 is 0 Å². The second-order valence-electron chi connectivity index (χ2n) is 6.49. The molecule has 1 amide bonds. The van der Waals surface area contributed by atoms with Crippen molar-refractivity contribution in [2.75, 3.05) is 42.7 Å². The first-order valence-corrected chi connectivity index (χ1v) is 10.4. The minimum atomic E-state index is -3.16. The molecule has 2 aromatic rings. The SMILES string of the molecule is Cc1cccc(C(=O)Nc2ccccc2N2CCN(S(C)(=O)=O)CC2)c1. The quantitative estimate of drug-likeness (QED) is 0.893.